The fourth-order valence-corrected chi connectivity index (χ4v) is 2.24. The zero-order valence-electron chi connectivity index (χ0n) is 11.8. The Hall–Kier alpha value is -1.07. The van der Waals surface area contributed by atoms with Crippen LogP contribution in [0.15, 0.2) is 29.2 Å². The van der Waals surface area contributed by atoms with E-state index in [1.165, 1.54) is 12.1 Å². The Morgan fingerprint density at radius 3 is 2.20 bits per heavy atom. The highest BCUT2D eigenvalue weighted by atomic mass is 35.7. The number of hydrogen-bond acceptors (Lipinski definition) is 4. The lowest BCUT2D eigenvalue weighted by atomic mass is 10.1. The molecule has 0 aliphatic carbocycles. The van der Waals surface area contributed by atoms with Gasteiger partial charge in [0, 0.05) is 17.1 Å². The predicted molar refractivity (Wildman–Crippen MR) is 78.2 cm³/mol. The van der Waals surface area contributed by atoms with E-state index in [0.29, 0.717) is 6.42 Å². The third-order valence-electron chi connectivity index (χ3n) is 3.08. The topological polar surface area (TPSA) is 60.4 Å². The van der Waals surface area contributed by atoms with Gasteiger partial charge < -0.3 is 4.74 Å². The van der Waals surface area contributed by atoms with Crippen molar-refractivity contribution in [2.45, 2.75) is 44.6 Å². The highest BCUT2D eigenvalue weighted by molar-refractivity contribution is 8.13. The number of esters is 1. The number of benzene rings is 1. The first-order valence-electron chi connectivity index (χ1n) is 6.43. The molecule has 0 fully saturated rings. The van der Waals surface area contributed by atoms with Gasteiger partial charge in [0.2, 0.25) is 0 Å². The van der Waals surface area contributed by atoms with Gasteiger partial charge in [0.1, 0.15) is 6.10 Å². The summed E-state index contributed by atoms with van der Waals surface area (Å²) in [6.45, 7) is 5.84. The van der Waals surface area contributed by atoms with Gasteiger partial charge >= 0.3 is 5.97 Å². The molecular formula is C14H19ClO4S. The largest absolute Gasteiger partial charge is 0.462 e. The normalized spacial score (nSPS) is 13.2. The molecule has 1 unspecified atom stereocenters. The summed E-state index contributed by atoms with van der Waals surface area (Å²) >= 11 is 0. The number of rotatable bonds is 6. The molecule has 0 saturated heterocycles. The molecule has 0 N–H and O–H groups in total. The molecule has 112 valence electrons. The summed E-state index contributed by atoms with van der Waals surface area (Å²) in [6, 6.07) is 6.16. The van der Waals surface area contributed by atoms with Crippen LogP contribution in [0.5, 0.6) is 0 Å². The van der Waals surface area contributed by atoms with Crippen LogP contribution in [0.3, 0.4) is 0 Å². The Bertz CT molecular complexity index is 549. The fraction of sp³-hybridized carbons (Fsp3) is 0.500. The Balaban J connectivity index is 2.52. The van der Waals surface area contributed by atoms with Crippen molar-refractivity contribution in [2.24, 2.45) is 5.92 Å². The van der Waals surface area contributed by atoms with Crippen molar-refractivity contribution in [1.82, 2.24) is 0 Å². The smallest absolute Gasteiger partial charge is 0.306 e. The van der Waals surface area contributed by atoms with Gasteiger partial charge in [0.15, 0.2) is 0 Å². The second-order valence-electron chi connectivity index (χ2n) is 5.02. The molecule has 0 spiro atoms. The van der Waals surface area contributed by atoms with E-state index in [9.17, 15) is 13.2 Å². The summed E-state index contributed by atoms with van der Waals surface area (Å²) in [6.07, 6.45) is 0.669. The second-order valence-corrected chi connectivity index (χ2v) is 7.59. The Morgan fingerprint density at radius 2 is 1.75 bits per heavy atom. The maximum atomic E-state index is 11.6. The summed E-state index contributed by atoms with van der Waals surface area (Å²) in [5.41, 5.74) is 0.864. The minimum absolute atomic E-state index is 0.0546. The van der Waals surface area contributed by atoms with Crippen LogP contribution in [0.4, 0.5) is 0 Å². The third-order valence-corrected chi connectivity index (χ3v) is 4.45. The molecule has 0 amide bonds. The monoisotopic (exact) mass is 318 g/mol. The summed E-state index contributed by atoms with van der Waals surface area (Å²) in [4.78, 5) is 11.7. The van der Waals surface area contributed by atoms with E-state index in [4.69, 9.17) is 15.4 Å². The van der Waals surface area contributed by atoms with Crippen LogP contribution < -0.4 is 0 Å². The molecular weight excluding hydrogens is 300 g/mol. The third kappa shape index (κ3) is 5.51. The number of halogens is 1. The van der Waals surface area contributed by atoms with E-state index in [0.717, 1.165) is 5.56 Å². The maximum absolute atomic E-state index is 11.6. The molecule has 0 aromatic heterocycles. The zero-order valence-corrected chi connectivity index (χ0v) is 13.4. The molecule has 1 rings (SSSR count). The Labute approximate surface area is 124 Å². The predicted octanol–water partition coefficient (Wildman–Crippen LogP) is 3.13. The average Bonchev–Trinajstić information content (AvgIpc) is 2.35. The highest BCUT2D eigenvalue weighted by Gasteiger charge is 2.13. The van der Waals surface area contributed by atoms with Crippen molar-refractivity contribution in [3.63, 3.8) is 0 Å². The Morgan fingerprint density at radius 1 is 1.20 bits per heavy atom. The quantitative estimate of drug-likeness (QED) is 0.597. The number of ether oxygens (including phenoxy) is 1. The Kier molecular flexibility index (Phi) is 6.02. The fourth-order valence-electron chi connectivity index (χ4n) is 1.47. The number of hydrogen-bond donors (Lipinski definition) is 0. The van der Waals surface area contributed by atoms with E-state index in [-0.39, 0.29) is 29.3 Å². The van der Waals surface area contributed by atoms with Crippen molar-refractivity contribution in [3.8, 4) is 0 Å². The van der Waals surface area contributed by atoms with Gasteiger partial charge in [-0.25, -0.2) is 8.42 Å². The minimum atomic E-state index is -3.70. The molecule has 0 aliphatic heterocycles. The van der Waals surface area contributed by atoms with Crippen LogP contribution in [0, 0.1) is 5.92 Å². The maximum Gasteiger partial charge on any atom is 0.306 e. The van der Waals surface area contributed by atoms with Gasteiger partial charge in [-0.15, -0.1) is 0 Å². The van der Waals surface area contributed by atoms with Crippen LogP contribution in [0.1, 0.15) is 32.8 Å². The molecule has 0 bridgehead atoms. The van der Waals surface area contributed by atoms with Gasteiger partial charge in [-0.05, 0) is 37.0 Å². The number of aryl methyl sites for hydroxylation is 1. The molecule has 0 aliphatic rings. The van der Waals surface area contributed by atoms with Gasteiger partial charge in [-0.3, -0.25) is 4.79 Å². The first-order valence-corrected chi connectivity index (χ1v) is 8.74. The molecule has 0 heterocycles. The SMILES string of the molecule is CC(C)C(C)OC(=O)CCc1ccc(S(=O)(=O)Cl)cc1. The summed E-state index contributed by atoms with van der Waals surface area (Å²) < 4.78 is 27.4. The molecule has 0 radical (unpaired) electrons. The van der Waals surface area contributed by atoms with Gasteiger partial charge in [0.05, 0.1) is 4.90 Å². The lowest BCUT2D eigenvalue weighted by Gasteiger charge is -2.16. The van der Waals surface area contributed by atoms with E-state index < -0.39 is 9.05 Å². The van der Waals surface area contributed by atoms with Crippen molar-refractivity contribution in [2.75, 3.05) is 0 Å². The van der Waals surface area contributed by atoms with Crippen LogP contribution >= 0.6 is 10.7 Å². The lowest BCUT2D eigenvalue weighted by molar-refractivity contribution is -0.150. The van der Waals surface area contributed by atoms with Gasteiger partial charge in [0.25, 0.3) is 9.05 Å². The van der Waals surface area contributed by atoms with E-state index in [1.807, 2.05) is 20.8 Å². The summed E-state index contributed by atoms with van der Waals surface area (Å²) in [7, 11) is 1.53. The standard InChI is InChI=1S/C14H19ClO4S/c1-10(2)11(3)19-14(16)9-6-12-4-7-13(8-5-12)20(15,17)18/h4-5,7-8,10-11H,6,9H2,1-3H3. The van der Waals surface area contributed by atoms with Crippen molar-refractivity contribution in [3.05, 3.63) is 29.8 Å². The van der Waals surface area contributed by atoms with E-state index in [2.05, 4.69) is 0 Å². The molecule has 1 atom stereocenters. The summed E-state index contributed by atoms with van der Waals surface area (Å²) in [5.74, 6) is 0.0346. The van der Waals surface area contributed by atoms with Crippen LogP contribution in [0.25, 0.3) is 0 Å². The first-order chi connectivity index (χ1) is 9.20. The van der Waals surface area contributed by atoms with Crippen molar-refractivity contribution < 1.29 is 17.9 Å². The van der Waals surface area contributed by atoms with Crippen LogP contribution in [-0.2, 0) is 25.0 Å². The van der Waals surface area contributed by atoms with Crippen LogP contribution in [0.2, 0.25) is 0 Å². The van der Waals surface area contributed by atoms with Gasteiger partial charge in [-0.2, -0.15) is 0 Å². The zero-order chi connectivity index (χ0) is 15.3. The molecule has 20 heavy (non-hydrogen) atoms. The molecule has 6 heteroatoms. The van der Waals surface area contributed by atoms with E-state index in [1.54, 1.807) is 12.1 Å². The molecule has 1 aromatic rings. The molecule has 4 nitrogen and oxygen atoms in total. The number of carbonyl (C=O) groups is 1. The lowest BCUT2D eigenvalue weighted by Crippen LogP contribution is -2.20. The van der Waals surface area contributed by atoms with Crippen molar-refractivity contribution in [1.29, 1.82) is 0 Å². The van der Waals surface area contributed by atoms with Gasteiger partial charge in [-0.1, -0.05) is 26.0 Å². The van der Waals surface area contributed by atoms with Crippen LogP contribution in [-0.4, -0.2) is 20.5 Å². The average molecular weight is 319 g/mol. The summed E-state index contributed by atoms with van der Waals surface area (Å²) in [5, 5.41) is 0. The first kappa shape index (κ1) is 17.0. The number of carbonyl (C=O) groups excluding carboxylic acids is 1. The molecule has 1 aromatic carbocycles. The molecule has 0 saturated carbocycles. The van der Waals surface area contributed by atoms with E-state index >= 15 is 0 Å². The highest BCUT2D eigenvalue weighted by Crippen LogP contribution is 2.16. The second kappa shape index (κ2) is 7.09. The van der Waals surface area contributed by atoms with Crippen molar-refractivity contribution >= 4 is 25.7 Å². The minimum Gasteiger partial charge on any atom is -0.462 e.